The molecule has 2 heterocycles. The molecule has 0 aliphatic carbocycles. The van der Waals surface area contributed by atoms with Crippen molar-refractivity contribution in [3.63, 3.8) is 0 Å². The Bertz CT molecular complexity index is 455. The number of likely N-dealkylation sites (N-methyl/N-ethyl adjacent to an activating group) is 1. The number of anilines is 1. The summed E-state index contributed by atoms with van der Waals surface area (Å²) in [5, 5.41) is 0. The lowest BCUT2D eigenvalue weighted by molar-refractivity contribution is -0.132. The number of carbonyl (C=O) groups is 1. The molecule has 0 amide bonds. The zero-order valence-corrected chi connectivity index (χ0v) is 10.1. The van der Waals surface area contributed by atoms with Gasteiger partial charge < -0.3 is 9.64 Å². The lowest BCUT2D eigenvalue weighted by atomic mass is 10.1. The quantitative estimate of drug-likeness (QED) is 0.674. The predicted molar refractivity (Wildman–Crippen MR) is 62.0 cm³/mol. The first kappa shape index (κ1) is 10.9. The van der Waals surface area contributed by atoms with Gasteiger partial charge in [0.1, 0.15) is 5.82 Å². The van der Waals surface area contributed by atoms with E-state index in [4.69, 9.17) is 4.74 Å². The monoisotopic (exact) mass is 220 g/mol. The van der Waals surface area contributed by atoms with Gasteiger partial charge in [-0.2, -0.15) is 0 Å². The van der Waals surface area contributed by atoms with Gasteiger partial charge in [-0.05, 0) is 20.3 Å². The number of esters is 1. The summed E-state index contributed by atoms with van der Waals surface area (Å²) in [7, 11) is 2.03. The normalized spacial score (nSPS) is 13.9. The molecule has 0 unspecified atom stereocenters. The first-order valence-electron chi connectivity index (χ1n) is 5.40. The Kier molecular flexibility index (Phi) is 2.58. The van der Waals surface area contributed by atoms with E-state index in [1.54, 1.807) is 0 Å². The van der Waals surface area contributed by atoms with Crippen LogP contribution in [0.5, 0.6) is 5.75 Å². The van der Waals surface area contributed by atoms with Crippen LogP contribution in [0.25, 0.3) is 0 Å². The van der Waals surface area contributed by atoms with Crippen molar-refractivity contribution in [2.75, 3.05) is 18.5 Å². The number of hydrogen-bond acceptors (Lipinski definition) is 4. The number of ether oxygens (including phenoxy) is 1. The molecule has 0 saturated carbocycles. The Morgan fingerprint density at radius 1 is 1.44 bits per heavy atom. The van der Waals surface area contributed by atoms with Crippen LogP contribution in [0.15, 0.2) is 0 Å². The third-order valence-electron chi connectivity index (χ3n) is 2.97. The van der Waals surface area contributed by atoms with Crippen LogP contribution in [-0.2, 0) is 11.2 Å². The van der Waals surface area contributed by atoms with Gasteiger partial charge in [0, 0.05) is 31.6 Å². The van der Waals surface area contributed by atoms with Crippen LogP contribution in [0, 0.1) is 13.8 Å². The fraction of sp³-hybridized carbons (Fsp3) is 0.500. The molecule has 0 saturated heterocycles. The molecule has 1 aromatic rings. The highest BCUT2D eigenvalue weighted by atomic mass is 16.5. The van der Waals surface area contributed by atoms with Gasteiger partial charge in [0.2, 0.25) is 0 Å². The largest absolute Gasteiger partial charge is 0.424 e. The third-order valence-corrected chi connectivity index (χ3v) is 2.97. The average molecular weight is 220 g/mol. The Hall–Kier alpha value is -1.58. The summed E-state index contributed by atoms with van der Waals surface area (Å²) >= 11 is 0. The zero-order chi connectivity index (χ0) is 11.9. The summed E-state index contributed by atoms with van der Waals surface area (Å²) in [6.45, 7) is 6.26. The molecule has 0 radical (unpaired) electrons. The maximum atomic E-state index is 11.0. The first-order chi connectivity index (χ1) is 7.50. The van der Waals surface area contributed by atoms with Gasteiger partial charge >= 0.3 is 5.97 Å². The van der Waals surface area contributed by atoms with Crippen LogP contribution in [0.2, 0.25) is 0 Å². The summed E-state index contributed by atoms with van der Waals surface area (Å²) in [5.74, 6) is 1.35. The topological polar surface area (TPSA) is 42.4 Å². The van der Waals surface area contributed by atoms with Gasteiger partial charge in [0.15, 0.2) is 5.75 Å². The van der Waals surface area contributed by atoms with Crippen molar-refractivity contribution in [1.29, 1.82) is 0 Å². The number of hydrogen-bond donors (Lipinski definition) is 0. The van der Waals surface area contributed by atoms with Crippen LogP contribution < -0.4 is 9.64 Å². The van der Waals surface area contributed by atoms with Crippen molar-refractivity contribution >= 4 is 11.8 Å². The van der Waals surface area contributed by atoms with Crippen molar-refractivity contribution in [2.45, 2.75) is 27.2 Å². The van der Waals surface area contributed by atoms with E-state index in [0.29, 0.717) is 5.75 Å². The van der Waals surface area contributed by atoms with Crippen LogP contribution in [0.4, 0.5) is 5.82 Å². The second-order valence-corrected chi connectivity index (χ2v) is 4.22. The Morgan fingerprint density at radius 2 is 2.12 bits per heavy atom. The SMILES string of the molecule is CC(=O)Oc1c(C)nc2c(c1C)CCN2C. The first-order valence-corrected chi connectivity index (χ1v) is 5.40. The summed E-state index contributed by atoms with van der Waals surface area (Å²) in [4.78, 5) is 17.7. The molecule has 2 rings (SSSR count). The van der Waals surface area contributed by atoms with E-state index >= 15 is 0 Å². The molecule has 0 bridgehead atoms. The van der Waals surface area contributed by atoms with Gasteiger partial charge in [-0.1, -0.05) is 0 Å². The number of nitrogens with zero attached hydrogens (tertiary/aromatic N) is 2. The van der Waals surface area contributed by atoms with E-state index < -0.39 is 0 Å². The Labute approximate surface area is 95.2 Å². The molecular formula is C12H16N2O2. The van der Waals surface area contributed by atoms with Crippen LogP contribution >= 0.6 is 0 Å². The minimum Gasteiger partial charge on any atom is -0.424 e. The van der Waals surface area contributed by atoms with E-state index in [0.717, 1.165) is 30.0 Å². The van der Waals surface area contributed by atoms with Crippen molar-refractivity contribution in [3.05, 3.63) is 16.8 Å². The maximum Gasteiger partial charge on any atom is 0.308 e. The molecule has 1 aromatic heterocycles. The predicted octanol–water partition coefficient (Wildman–Crippen LogP) is 1.62. The van der Waals surface area contributed by atoms with Gasteiger partial charge in [0.25, 0.3) is 0 Å². The minimum absolute atomic E-state index is 0.292. The number of aryl methyl sites for hydroxylation is 1. The standard InChI is InChI=1S/C12H16N2O2/c1-7-10-5-6-14(4)12(10)13-8(2)11(7)16-9(3)15/h5-6H2,1-4H3. The molecule has 0 aromatic carbocycles. The van der Waals surface area contributed by atoms with E-state index in [-0.39, 0.29) is 5.97 Å². The third kappa shape index (κ3) is 1.64. The van der Waals surface area contributed by atoms with Crippen LogP contribution in [-0.4, -0.2) is 24.5 Å². The van der Waals surface area contributed by atoms with Crippen LogP contribution in [0.1, 0.15) is 23.7 Å². The summed E-state index contributed by atoms with van der Waals surface area (Å²) in [6.07, 6.45) is 0.971. The van der Waals surface area contributed by atoms with E-state index in [2.05, 4.69) is 9.88 Å². The highest BCUT2D eigenvalue weighted by Gasteiger charge is 2.23. The average Bonchev–Trinajstić information content (AvgIpc) is 2.55. The molecule has 0 spiro atoms. The van der Waals surface area contributed by atoms with Crippen molar-refractivity contribution in [2.24, 2.45) is 0 Å². The smallest absolute Gasteiger partial charge is 0.308 e. The lowest BCUT2D eigenvalue weighted by Crippen LogP contribution is -2.14. The van der Waals surface area contributed by atoms with E-state index in [9.17, 15) is 4.79 Å². The zero-order valence-electron chi connectivity index (χ0n) is 10.1. The minimum atomic E-state index is -0.292. The molecule has 4 heteroatoms. The van der Waals surface area contributed by atoms with Crippen LogP contribution in [0.3, 0.4) is 0 Å². The van der Waals surface area contributed by atoms with Crippen molar-refractivity contribution < 1.29 is 9.53 Å². The van der Waals surface area contributed by atoms with Gasteiger partial charge in [-0.25, -0.2) is 4.98 Å². The van der Waals surface area contributed by atoms with Gasteiger partial charge in [-0.15, -0.1) is 0 Å². The number of fused-ring (bicyclic) bond motifs is 1. The Morgan fingerprint density at radius 3 is 2.75 bits per heavy atom. The molecule has 1 aliphatic rings. The molecule has 0 fully saturated rings. The van der Waals surface area contributed by atoms with Gasteiger partial charge in [-0.3, -0.25) is 4.79 Å². The number of carbonyl (C=O) groups excluding carboxylic acids is 1. The fourth-order valence-electron chi connectivity index (χ4n) is 2.15. The summed E-state index contributed by atoms with van der Waals surface area (Å²) in [5.41, 5.74) is 3.02. The highest BCUT2D eigenvalue weighted by Crippen LogP contribution is 2.34. The van der Waals surface area contributed by atoms with Gasteiger partial charge in [0.05, 0.1) is 5.69 Å². The Balaban J connectivity index is 2.53. The molecule has 0 N–H and O–H groups in total. The van der Waals surface area contributed by atoms with E-state index in [1.807, 2.05) is 20.9 Å². The second kappa shape index (κ2) is 3.77. The maximum absolute atomic E-state index is 11.0. The van der Waals surface area contributed by atoms with E-state index in [1.165, 1.54) is 12.5 Å². The summed E-state index contributed by atoms with van der Waals surface area (Å²) in [6, 6.07) is 0. The molecule has 86 valence electrons. The number of pyridine rings is 1. The molecule has 16 heavy (non-hydrogen) atoms. The number of rotatable bonds is 1. The van der Waals surface area contributed by atoms with Crippen molar-refractivity contribution in [1.82, 2.24) is 4.98 Å². The van der Waals surface area contributed by atoms with Crippen molar-refractivity contribution in [3.8, 4) is 5.75 Å². The second-order valence-electron chi connectivity index (χ2n) is 4.22. The molecule has 1 aliphatic heterocycles. The lowest BCUT2D eigenvalue weighted by Gasteiger charge is -2.15. The highest BCUT2D eigenvalue weighted by molar-refractivity contribution is 5.71. The fourth-order valence-corrected chi connectivity index (χ4v) is 2.15. The molecule has 0 atom stereocenters. The molecule has 4 nitrogen and oxygen atoms in total. The molecular weight excluding hydrogens is 204 g/mol. The summed E-state index contributed by atoms with van der Waals surface area (Å²) < 4.78 is 5.22. The number of aromatic nitrogens is 1.